The largest absolute Gasteiger partial charge is 0.488 e. The summed E-state index contributed by atoms with van der Waals surface area (Å²) in [5.41, 5.74) is 1.01. The zero-order valence-corrected chi connectivity index (χ0v) is 19.1. The monoisotopic (exact) mass is 487 g/mol. The lowest BCUT2D eigenvalue weighted by molar-refractivity contribution is -0.124. The minimum atomic E-state index is -1.58. The van der Waals surface area contributed by atoms with Crippen molar-refractivity contribution in [3.63, 3.8) is 0 Å². The third-order valence-corrected chi connectivity index (χ3v) is 6.28. The molecule has 3 aromatic carbocycles. The summed E-state index contributed by atoms with van der Waals surface area (Å²) in [6, 6.07) is 19.0. The highest BCUT2D eigenvalue weighted by atomic mass is 19.1. The minimum absolute atomic E-state index is 0.324. The number of pyridine rings is 1. The van der Waals surface area contributed by atoms with Crippen LogP contribution >= 0.6 is 0 Å². The van der Waals surface area contributed by atoms with E-state index in [1.54, 1.807) is 54.7 Å². The average Bonchev–Trinajstić information content (AvgIpc) is 3.69. The number of amides is 1. The molecule has 0 radical (unpaired) electrons. The molecule has 0 saturated heterocycles. The van der Waals surface area contributed by atoms with Crippen molar-refractivity contribution in [2.75, 3.05) is 10.6 Å². The number of anilines is 2. The van der Waals surface area contributed by atoms with E-state index in [9.17, 15) is 24.3 Å². The van der Waals surface area contributed by atoms with Crippen molar-refractivity contribution in [1.29, 1.82) is 0 Å². The third-order valence-electron chi connectivity index (χ3n) is 6.28. The first kappa shape index (κ1) is 23.7. The Morgan fingerprint density at radius 2 is 1.69 bits per heavy atom. The second kappa shape index (κ2) is 9.58. The molecule has 1 unspecified atom stereocenters. The number of ether oxygens (including phenoxy) is 1. The molecule has 1 aliphatic carbocycles. The Hall–Kier alpha value is -3.99. The van der Waals surface area contributed by atoms with Gasteiger partial charge in [0, 0.05) is 23.0 Å². The number of aromatic nitrogens is 1. The van der Waals surface area contributed by atoms with Crippen LogP contribution in [0.3, 0.4) is 0 Å². The molecule has 4 aromatic rings. The molecule has 1 amide bonds. The number of aliphatic hydroxyl groups is 1. The van der Waals surface area contributed by atoms with Crippen molar-refractivity contribution in [1.82, 2.24) is 4.98 Å². The van der Waals surface area contributed by atoms with E-state index in [0.717, 1.165) is 0 Å². The molecule has 0 bridgehead atoms. The van der Waals surface area contributed by atoms with Crippen LogP contribution in [0.25, 0.3) is 10.9 Å². The summed E-state index contributed by atoms with van der Waals surface area (Å²) in [4.78, 5) is 17.0. The summed E-state index contributed by atoms with van der Waals surface area (Å²) in [6.45, 7) is 0. The molecule has 1 aromatic heterocycles. The van der Waals surface area contributed by atoms with Gasteiger partial charge in [0.25, 0.3) is 0 Å². The number of fused-ring (bicyclic) bond motifs is 1. The Balaban J connectivity index is 1.24. The fraction of sp³-hybridized carbons (Fsp3) is 0.154. The molecular formula is C26H23BFN3O5. The second-order valence-electron chi connectivity index (χ2n) is 8.75. The maximum Gasteiger partial charge on any atom is 0.488 e. The molecule has 1 aliphatic rings. The first-order chi connectivity index (χ1) is 17.3. The number of rotatable bonds is 8. The molecule has 1 fully saturated rings. The van der Waals surface area contributed by atoms with Crippen molar-refractivity contribution in [2.24, 2.45) is 5.41 Å². The van der Waals surface area contributed by atoms with Crippen LogP contribution in [-0.2, 0) is 4.79 Å². The van der Waals surface area contributed by atoms with Crippen LogP contribution in [0.5, 0.6) is 11.5 Å². The van der Waals surface area contributed by atoms with Gasteiger partial charge in [-0.05, 0) is 85.0 Å². The summed E-state index contributed by atoms with van der Waals surface area (Å²) < 4.78 is 19.1. The number of carbonyl (C=O) groups excluding carboxylic acids is 1. The number of nitrogens with zero attached hydrogens (tertiary/aromatic N) is 1. The lowest BCUT2D eigenvalue weighted by atomic mass is 9.80. The van der Waals surface area contributed by atoms with E-state index >= 15 is 0 Å². The Morgan fingerprint density at radius 3 is 2.36 bits per heavy atom. The van der Waals surface area contributed by atoms with E-state index in [0.29, 0.717) is 52.1 Å². The van der Waals surface area contributed by atoms with Crippen molar-refractivity contribution < 1.29 is 29.1 Å². The van der Waals surface area contributed by atoms with Crippen LogP contribution in [0, 0.1) is 11.2 Å². The van der Waals surface area contributed by atoms with Crippen LogP contribution in [0.2, 0.25) is 0 Å². The van der Waals surface area contributed by atoms with Gasteiger partial charge in [-0.2, -0.15) is 0 Å². The van der Waals surface area contributed by atoms with Gasteiger partial charge in [0.2, 0.25) is 5.91 Å². The van der Waals surface area contributed by atoms with E-state index in [1.807, 2.05) is 0 Å². The summed E-state index contributed by atoms with van der Waals surface area (Å²) in [6.07, 6.45) is 1.52. The Kier molecular flexibility index (Phi) is 6.32. The summed E-state index contributed by atoms with van der Waals surface area (Å²) in [5, 5.41) is 35.9. The van der Waals surface area contributed by atoms with Gasteiger partial charge >= 0.3 is 7.12 Å². The second-order valence-corrected chi connectivity index (χ2v) is 8.75. The quantitative estimate of drug-likeness (QED) is 0.191. The van der Waals surface area contributed by atoms with Gasteiger partial charge in [0.15, 0.2) is 0 Å². The van der Waals surface area contributed by atoms with Crippen molar-refractivity contribution >= 4 is 40.8 Å². The zero-order chi connectivity index (χ0) is 25.3. The normalized spacial score (nSPS) is 14.7. The Morgan fingerprint density at radius 1 is 1.00 bits per heavy atom. The number of halogens is 1. The molecule has 1 heterocycles. The number of nitrogens with one attached hydrogen (secondary N) is 2. The van der Waals surface area contributed by atoms with Gasteiger partial charge in [-0.25, -0.2) is 4.39 Å². The molecule has 1 atom stereocenters. The van der Waals surface area contributed by atoms with Crippen LogP contribution in [0.1, 0.15) is 12.8 Å². The standard InChI is InChI=1S/C26H23BFN3O5/c28-17-2-4-18(5-3-17)30-24(32)26(12-13-26)25(33)31-19-6-8-20(9-7-19)36-23-11-14-29-22-15-16(27(34)35)1-10-21(22)23/h1-11,14-15,25,31,33-35H,12-13H2,(H,30,32). The third kappa shape index (κ3) is 4.87. The molecule has 182 valence electrons. The lowest BCUT2D eigenvalue weighted by Crippen LogP contribution is -2.39. The smallest absolute Gasteiger partial charge is 0.457 e. The molecule has 8 nitrogen and oxygen atoms in total. The van der Waals surface area contributed by atoms with Gasteiger partial charge in [-0.15, -0.1) is 0 Å². The van der Waals surface area contributed by atoms with Crippen molar-refractivity contribution in [3.05, 3.63) is 84.8 Å². The lowest BCUT2D eigenvalue weighted by Gasteiger charge is -2.23. The molecular weight excluding hydrogens is 464 g/mol. The number of carbonyl (C=O) groups is 1. The number of benzene rings is 3. The maximum absolute atomic E-state index is 13.1. The minimum Gasteiger partial charge on any atom is -0.457 e. The van der Waals surface area contributed by atoms with Gasteiger partial charge in [-0.3, -0.25) is 9.78 Å². The van der Waals surface area contributed by atoms with Crippen molar-refractivity contribution in [2.45, 2.75) is 19.1 Å². The molecule has 5 rings (SSSR count). The van der Waals surface area contributed by atoms with Crippen LogP contribution < -0.4 is 20.8 Å². The van der Waals surface area contributed by atoms with Gasteiger partial charge in [0.1, 0.15) is 23.5 Å². The predicted molar refractivity (Wildman–Crippen MR) is 134 cm³/mol. The average molecular weight is 487 g/mol. The fourth-order valence-corrected chi connectivity index (χ4v) is 3.98. The topological polar surface area (TPSA) is 124 Å². The van der Waals surface area contributed by atoms with Gasteiger partial charge in [0.05, 0.1) is 10.9 Å². The highest BCUT2D eigenvalue weighted by Crippen LogP contribution is 2.49. The molecule has 5 N–H and O–H groups in total. The van der Waals surface area contributed by atoms with E-state index in [2.05, 4.69) is 15.6 Å². The Bertz CT molecular complexity index is 1400. The first-order valence-corrected chi connectivity index (χ1v) is 11.4. The van der Waals surface area contributed by atoms with E-state index in [4.69, 9.17) is 4.74 Å². The van der Waals surface area contributed by atoms with Gasteiger partial charge in [-0.1, -0.05) is 6.07 Å². The van der Waals surface area contributed by atoms with Crippen LogP contribution in [-0.4, -0.2) is 39.4 Å². The highest BCUT2D eigenvalue weighted by Gasteiger charge is 2.55. The molecule has 0 spiro atoms. The summed E-state index contributed by atoms with van der Waals surface area (Å²) in [5.74, 6) is 0.379. The maximum atomic E-state index is 13.1. The number of aliphatic hydroxyl groups excluding tert-OH is 1. The molecule has 36 heavy (non-hydrogen) atoms. The highest BCUT2D eigenvalue weighted by molar-refractivity contribution is 6.58. The SMILES string of the molecule is O=C(Nc1ccc(F)cc1)C1(C(O)Nc2ccc(Oc3ccnc4cc(B(O)O)ccc34)cc2)CC1. The molecule has 1 saturated carbocycles. The van der Waals surface area contributed by atoms with E-state index in [-0.39, 0.29) is 5.91 Å². The fourth-order valence-electron chi connectivity index (χ4n) is 3.98. The zero-order valence-electron chi connectivity index (χ0n) is 19.1. The summed E-state index contributed by atoms with van der Waals surface area (Å²) in [7, 11) is -1.58. The number of hydrogen-bond donors (Lipinski definition) is 5. The van der Waals surface area contributed by atoms with E-state index in [1.165, 1.54) is 24.3 Å². The van der Waals surface area contributed by atoms with Crippen LogP contribution in [0.15, 0.2) is 79.0 Å². The van der Waals surface area contributed by atoms with Crippen LogP contribution in [0.4, 0.5) is 15.8 Å². The predicted octanol–water partition coefficient (Wildman–Crippen LogP) is 3.00. The number of hydrogen-bond acceptors (Lipinski definition) is 7. The first-order valence-electron chi connectivity index (χ1n) is 11.4. The van der Waals surface area contributed by atoms with Gasteiger partial charge < -0.3 is 30.5 Å². The molecule has 0 aliphatic heterocycles. The summed E-state index contributed by atoms with van der Waals surface area (Å²) >= 11 is 0. The van der Waals surface area contributed by atoms with Crippen molar-refractivity contribution in [3.8, 4) is 11.5 Å². The Labute approximate surface area is 206 Å². The van der Waals surface area contributed by atoms with E-state index < -0.39 is 24.6 Å². The molecule has 10 heteroatoms.